The number of anilines is 1. The molecule has 0 unspecified atom stereocenters. The average molecular weight is 258 g/mol. The smallest absolute Gasteiger partial charge is 0.374 e. The molecule has 0 atom stereocenters. The van der Waals surface area contributed by atoms with Gasteiger partial charge in [-0.25, -0.2) is 0 Å². The molecule has 0 heterocycles. The number of hydrogen-bond acceptors (Lipinski definition) is 2. The lowest BCUT2D eigenvalue weighted by molar-refractivity contribution is -0.137. The molecule has 0 amide bonds. The maximum absolute atomic E-state index is 13.0. The SMILES string of the molecule is CN(CC1CC1)c1ccc(CN)cc1C(F)(F)F. The first-order valence-corrected chi connectivity index (χ1v) is 6.03. The lowest BCUT2D eigenvalue weighted by Gasteiger charge is -2.24. The molecule has 1 aliphatic rings. The molecule has 0 aliphatic heterocycles. The molecule has 18 heavy (non-hydrogen) atoms. The fraction of sp³-hybridized carbons (Fsp3) is 0.538. The molecule has 0 radical (unpaired) electrons. The lowest BCUT2D eigenvalue weighted by Crippen LogP contribution is -2.23. The van der Waals surface area contributed by atoms with Gasteiger partial charge in [-0.05, 0) is 36.5 Å². The maximum atomic E-state index is 13.0. The van der Waals surface area contributed by atoms with Crippen molar-refractivity contribution < 1.29 is 13.2 Å². The summed E-state index contributed by atoms with van der Waals surface area (Å²) < 4.78 is 39.0. The molecule has 5 heteroatoms. The quantitative estimate of drug-likeness (QED) is 0.899. The van der Waals surface area contributed by atoms with E-state index < -0.39 is 11.7 Å². The second-order valence-corrected chi connectivity index (χ2v) is 4.88. The number of nitrogens with zero attached hydrogens (tertiary/aromatic N) is 1. The minimum absolute atomic E-state index is 0.121. The Labute approximate surface area is 105 Å². The second-order valence-electron chi connectivity index (χ2n) is 4.88. The molecule has 2 N–H and O–H groups in total. The Morgan fingerprint density at radius 2 is 2.00 bits per heavy atom. The fourth-order valence-electron chi connectivity index (χ4n) is 2.06. The van der Waals surface area contributed by atoms with Crippen molar-refractivity contribution in [2.24, 2.45) is 11.7 Å². The topological polar surface area (TPSA) is 29.3 Å². The molecular weight excluding hydrogens is 241 g/mol. The van der Waals surface area contributed by atoms with Crippen molar-refractivity contribution in [3.05, 3.63) is 29.3 Å². The normalized spacial score (nSPS) is 15.8. The highest BCUT2D eigenvalue weighted by atomic mass is 19.4. The Morgan fingerprint density at radius 3 is 2.50 bits per heavy atom. The molecule has 0 spiro atoms. The van der Waals surface area contributed by atoms with E-state index in [0.29, 0.717) is 18.0 Å². The molecule has 2 nitrogen and oxygen atoms in total. The van der Waals surface area contributed by atoms with E-state index in [4.69, 9.17) is 5.73 Å². The first-order valence-electron chi connectivity index (χ1n) is 6.03. The van der Waals surface area contributed by atoms with E-state index in [0.717, 1.165) is 18.9 Å². The Kier molecular flexibility index (Phi) is 3.52. The molecule has 0 bridgehead atoms. The van der Waals surface area contributed by atoms with Crippen LogP contribution < -0.4 is 10.6 Å². The van der Waals surface area contributed by atoms with Gasteiger partial charge in [-0.15, -0.1) is 0 Å². The van der Waals surface area contributed by atoms with E-state index in [9.17, 15) is 13.2 Å². The third-order valence-electron chi connectivity index (χ3n) is 3.24. The van der Waals surface area contributed by atoms with E-state index in [1.165, 1.54) is 6.07 Å². The molecule has 100 valence electrons. The predicted molar refractivity (Wildman–Crippen MR) is 65.3 cm³/mol. The van der Waals surface area contributed by atoms with Gasteiger partial charge in [0.25, 0.3) is 0 Å². The van der Waals surface area contributed by atoms with Crippen molar-refractivity contribution in [1.82, 2.24) is 0 Å². The molecule has 1 aliphatic carbocycles. The van der Waals surface area contributed by atoms with Gasteiger partial charge in [0.2, 0.25) is 0 Å². The van der Waals surface area contributed by atoms with E-state index in [1.807, 2.05) is 0 Å². The van der Waals surface area contributed by atoms with Gasteiger partial charge in [-0.3, -0.25) is 0 Å². The minimum atomic E-state index is -4.33. The van der Waals surface area contributed by atoms with Crippen LogP contribution in [0.5, 0.6) is 0 Å². The third-order valence-corrected chi connectivity index (χ3v) is 3.24. The van der Waals surface area contributed by atoms with Crippen molar-refractivity contribution in [3.63, 3.8) is 0 Å². The van der Waals surface area contributed by atoms with Gasteiger partial charge in [0, 0.05) is 25.8 Å². The monoisotopic (exact) mass is 258 g/mol. The summed E-state index contributed by atoms with van der Waals surface area (Å²) in [6.45, 7) is 0.806. The number of hydrogen-bond donors (Lipinski definition) is 1. The molecule has 1 aromatic rings. The predicted octanol–water partition coefficient (Wildman–Crippen LogP) is 3.01. The largest absolute Gasteiger partial charge is 0.418 e. The van der Waals surface area contributed by atoms with Gasteiger partial charge in [0.05, 0.1) is 5.56 Å². The zero-order chi connectivity index (χ0) is 13.3. The molecular formula is C13H17F3N2. The zero-order valence-corrected chi connectivity index (χ0v) is 10.3. The van der Waals surface area contributed by atoms with Gasteiger partial charge < -0.3 is 10.6 Å². The summed E-state index contributed by atoms with van der Waals surface area (Å²) in [6, 6.07) is 4.33. The number of halogens is 3. The summed E-state index contributed by atoms with van der Waals surface area (Å²) >= 11 is 0. The van der Waals surface area contributed by atoms with E-state index in [1.54, 1.807) is 18.0 Å². The summed E-state index contributed by atoms with van der Waals surface area (Å²) in [7, 11) is 1.71. The highest BCUT2D eigenvalue weighted by Gasteiger charge is 2.35. The summed E-state index contributed by atoms with van der Waals surface area (Å²) in [5, 5.41) is 0. The Hall–Kier alpha value is -1.23. The van der Waals surface area contributed by atoms with E-state index in [-0.39, 0.29) is 12.2 Å². The van der Waals surface area contributed by atoms with Crippen molar-refractivity contribution >= 4 is 5.69 Å². The van der Waals surface area contributed by atoms with Crippen LogP contribution in [0.2, 0.25) is 0 Å². The van der Waals surface area contributed by atoms with Crippen LogP contribution in [0.4, 0.5) is 18.9 Å². The summed E-state index contributed by atoms with van der Waals surface area (Å²) in [6.07, 6.45) is -2.10. The second kappa shape index (κ2) is 4.80. The van der Waals surface area contributed by atoms with Crippen molar-refractivity contribution in [2.75, 3.05) is 18.5 Å². The van der Waals surface area contributed by atoms with E-state index >= 15 is 0 Å². The van der Waals surface area contributed by atoms with Gasteiger partial charge in [0.15, 0.2) is 0 Å². The number of benzene rings is 1. The van der Waals surface area contributed by atoms with Crippen LogP contribution in [-0.4, -0.2) is 13.6 Å². The highest BCUT2D eigenvalue weighted by molar-refractivity contribution is 5.56. The molecule has 1 aromatic carbocycles. The highest BCUT2D eigenvalue weighted by Crippen LogP contribution is 2.38. The third kappa shape index (κ3) is 2.96. The van der Waals surface area contributed by atoms with Crippen LogP contribution in [0.1, 0.15) is 24.0 Å². The van der Waals surface area contributed by atoms with Crippen molar-refractivity contribution in [3.8, 4) is 0 Å². The Morgan fingerprint density at radius 1 is 1.33 bits per heavy atom. The van der Waals surface area contributed by atoms with Crippen molar-refractivity contribution in [2.45, 2.75) is 25.6 Å². The van der Waals surface area contributed by atoms with Crippen LogP contribution in [0.15, 0.2) is 18.2 Å². The van der Waals surface area contributed by atoms with Crippen LogP contribution in [-0.2, 0) is 12.7 Å². The van der Waals surface area contributed by atoms with Crippen molar-refractivity contribution in [1.29, 1.82) is 0 Å². The number of nitrogens with two attached hydrogens (primary N) is 1. The number of alkyl halides is 3. The van der Waals surface area contributed by atoms with Crippen LogP contribution >= 0.6 is 0 Å². The molecule has 0 aromatic heterocycles. The van der Waals surface area contributed by atoms with Gasteiger partial charge in [-0.2, -0.15) is 13.2 Å². The van der Waals surface area contributed by atoms with Gasteiger partial charge >= 0.3 is 6.18 Å². The van der Waals surface area contributed by atoms with Crippen LogP contribution in [0, 0.1) is 5.92 Å². The summed E-state index contributed by atoms with van der Waals surface area (Å²) in [5.74, 6) is 0.547. The first-order chi connectivity index (χ1) is 8.41. The molecule has 1 saturated carbocycles. The summed E-state index contributed by atoms with van der Waals surface area (Å²) in [5.41, 5.74) is 5.56. The lowest BCUT2D eigenvalue weighted by atomic mass is 10.1. The fourth-order valence-corrected chi connectivity index (χ4v) is 2.06. The molecule has 2 rings (SSSR count). The maximum Gasteiger partial charge on any atom is 0.418 e. The zero-order valence-electron chi connectivity index (χ0n) is 10.3. The van der Waals surface area contributed by atoms with E-state index in [2.05, 4.69) is 0 Å². The molecule has 0 saturated heterocycles. The van der Waals surface area contributed by atoms with Gasteiger partial charge in [-0.1, -0.05) is 6.07 Å². The van der Waals surface area contributed by atoms with Crippen LogP contribution in [0.25, 0.3) is 0 Å². The standard InChI is InChI=1S/C13H17F3N2/c1-18(8-9-2-3-9)12-5-4-10(7-17)6-11(12)13(14,15)16/h4-6,9H,2-3,7-8,17H2,1H3. The Balaban J connectivity index is 2.31. The minimum Gasteiger partial charge on any atom is -0.374 e. The first kappa shape index (κ1) is 13.2. The van der Waals surface area contributed by atoms with Gasteiger partial charge in [0.1, 0.15) is 0 Å². The molecule has 1 fully saturated rings. The summed E-state index contributed by atoms with van der Waals surface area (Å²) in [4.78, 5) is 1.70. The Bertz CT molecular complexity index is 425. The van der Waals surface area contributed by atoms with Crippen LogP contribution in [0.3, 0.4) is 0 Å². The number of rotatable bonds is 4. The average Bonchev–Trinajstić information content (AvgIpc) is 3.11.